The summed E-state index contributed by atoms with van der Waals surface area (Å²) in [7, 11) is 0. The highest BCUT2D eigenvalue weighted by Gasteiger charge is 2.19. The molecular weight excluding hydrogens is 218 g/mol. The Morgan fingerprint density at radius 1 is 1.24 bits per heavy atom. The zero-order valence-corrected chi connectivity index (χ0v) is 9.60. The predicted molar refractivity (Wildman–Crippen MR) is 65.3 cm³/mol. The molecule has 1 aliphatic rings. The topological polar surface area (TPSA) is 69.6 Å². The number of carboxylic acid groups (broad SMARTS) is 1. The lowest BCUT2D eigenvalue weighted by Gasteiger charge is -2.27. The van der Waals surface area contributed by atoms with Gasteiger partial charge in [0.2, 0.25) is 0 Å². The van der Waals surface area contributed by atoms with Crippen molar-refractivity contribution >= 4 is 11.7 Å². The van der Waals surface area contributed by atoms with Gasteiger partial charge in [-0.25, -0.2) is 4.79 Å². The van der Waals surface area contributed by atoms with Crippen LogP contribution in [-0.4, -0.2) is 28.3 Å². The summed E-state index contributed by atoms with van der Waals surface area (Å²) in [6.45, 7) is 0. The number of aliphatic hydroxyl groups is 1. The zero-order chi connectivity index (χ0) is 12.3. The Hall–Kier alpha value is -1.55. The van der Waals surface area contributed by atoms with Crippen LogP contribution in [0.1, 0.15) is 36.0 Å². The first-order valence-electron chi connectivity index (χ1n) is 5.93. The van der Waals surface area contributed by atoms with Gasteiger partial charge in [-0.1, -0.05) is 6.07 Å². The van der Waals surface area contributed by atoms with Gasteiger partial charge in [0.25, 0.3) is 0 Å². The van der Waals surface area contributed by atoms with E-state index in [2.05, 4.69) is 5.32 Å². The number of anilines is 1. The van der Waals surface area contributed by atoms with E-state index >= 15 is 0 Å². The van der Waals surface area contributed by atoms with Crippen molar-refractivity contribution < 1.29 is 15.0 Å². The first-order valence-corrected chi connectivity index (χ1v) is 5.93. The van der Waals surface area contributed by atoms with Crippen LogP contribution < -0.4 is 5.32 Å². The second kappa shape index (κ2) is 5.19. The van der Waals surface area contributed by atoms with Gasteiger partial charge in [0.05, 0.1) is 11.7 Å². The molecule has 1 saturated carbocycles. The molecule has 0 aromatic heterocycles. The van der Waals surface area contributed by atoms with Gasteiger partial charge >= 0.3 is 5.97 Å². The van der Waals surface area contributed by atoms with Crippen molar-refractivity contribution in [3.05, 3.63) is 29.8 Å². The number of aliphatic hydroxyl groups excluding tert-OH is 1. The Labute approximate surface area is 100 Å². The van der Waals surface area contributed by atoms with E-state index in [0.717, 1.165) is 31.4 Å². The molecule has 1 fully saturated rings. The number of hydrogen-bond donors (Lipinski definition) is 3. The molecule has 0 spiro atoms. The highest BCUT2D eigenvalue weighted by molar-refractivity contribution is 5.88. The third kappa shape index (κ3) is 3.20. The average molecular weight is 235 g/mol. The minimum Gasteiger partial charge on any atom is -0.478 e. The number of hydrogen-bond acceptors (Lipinski definition) is 3. The first kappa shape index (κ1) is 11.9. The highest BCUT2D eigenvalue weighted by Crippen LogP contribution is 2.22. The monoisotopic (exact) mass is 235 g/mol. The second-order valence-corrected chi connectivity index (χ2v) is 4.54. The van der Waals surface area contributed by atoms with Gasteiger partial charge in [0.15, 0.2) is 0 Å². The second-order valence-electron chi connectivity index (χ2n) is 4.54. The molecule has 1 aliphatic carbocycles. The number of benzene rings is 1. The summed E-state index contributed by atoms with van der Waals surface area (Å²) < 4.78 is 0. The normalized spacial score (nSPS) is 24.3. The molecule has 0 atom stereocenters. The van der Waals surface area contributed by atoms with Gasteiger partial charge in [0, 0.05) is 11.7 Å². The van der Waals surface area contributed by atoms with Crippen LogP contribution in [0.15, 0.2) is 24.3 Å². The molecule has 0 radical (unpaired) electrons. The standard InChI is InChI=1S/C13H17NO3/c15-12-6-4-10(5-7-12)14-11-3-1-2-9(8-11)13(16)17/h1-3,8,10,12,14-15H,4-7H2,(H,16,17)/t10-,12-. The summed E-state index contributed by atoms with van der Waals surface area (Å²) in [6.07, 6.45) is 3.32. The number of carboxylic acids is 1. The van der Waals surface area contributed by atoms with Crippen molar-refractivity contribution in [1.82, 2.24) is 0 Å². The molecule has 1 aromatic carbocycles. The molecule has 92 valence electrons. The lowest BCUT2D eigenvalue weighted by atomic mass is 9.93. The van der Waals surface area contributed by atoms with Crippen LogP contribution in [0, 0.1) is 0 Å². The lowest BCUT2D eigenvalue weighted by molar-refractivity contribution is 0.0697. The largest absolute Gasteiger partial charge is 0.478 e. The Morgan fingerprint density at radius 2 is 1.94 bits per heavy atom. The van der Waals surface area contributed by atoms with Crippen LogP contribution in [0.2, 0.25) is 0 Å². The Morgan fingerprint density at radius 3 is 2.59 bits per heavy atom. The zero-order valence-electron chi connectivity index (χ0n) is 9.60. The third-order valence-corrected chi connectivity index (χ3v) is 3.18. The van der Waals surface area contributed by atoms with Crippen LogP contribution >= 0.6 is 0 Å². The van der Waals surface area contributed by atoms with Gasteiger partial charge in [0.1, 0.15) is 0 Å². The molecular formula is C13H17NO3. The minimum atomic E-state index is -0.910. The van der Waals surface area contributed by atoms with Crippen LogP contribution in [0.5, 0.6) is 0 Å². The van der Waals surface area contributed by atoms with E-state index in [9.17, 15) is 9.90 Å². The molecule has 0 unspecified atom stereocenters. The van der Waals surface area contributed by atoms with E-state index in [1.54, 1.807) is 18.2 Å². The molecule has 3 N–H and O–H groups in total. The Kier molecular flexibility index (Phi) is 3.64. The van der Waals surface area contributed by atoms with Gasteiger partial charge < -0.3 is 15.5 Å². The van der Waals surface area contributed by atoms with Gasteiger partial charge in [-0.05, 0) is 43.9 Å². The molecule has 0 amide bonds. The summed E-state index contributed by atoms with van der Waals surface area (Å²) >= 11 is 0. The van der Waals surface area contributed by atoms with Gasteiger partial charge in [-0.15, -0.1) is 0 Å². The summed E-state index contributed by atoms with van der Waals surface area (Å²) in [5.41, 5.74) is 1.14. The number of aromatic carboxylic acids is 1. The van der Waals surface area contributed by atoms with Crippen LogP contribution in [0.4, 0.5) is 5.69 Å². The van der Waals surface area contributed by atoms with E-state index in [0.29, 0.717) is 11.6 Å². The SMILES string of the molecule is O=C(O)c1cccc(N[C@H]2CC[C@H](O)CC2)c1. The van der Waals surface area contributed by atoms with Crippen molar-refractivity contribution in [2.24, 2.45) is 0 Å². The summed E-state index contributed by atoms with van der Waals surface area (Å²) in [5, 5.41) is 21.6. The van der Waals surface area contributed by atoms with E-state index in [1.807, 2.05) is 6.07 Å². The fourth-order valence-electron chi connectivity index (χ4n) is 2.20. The predicted octanol–water partition coefficient (Wildman–Crippen LogP) is 2.10. The maximum Gasteiger partial charge on any atom is 0.335 e. The van der Waals surface area contributed by atoms with E-state index < -0.39 is 5.97 Å². The summed E-state index contributed by atoms with van der Waals surface area (Å²) in [6, 6.07) is 7.18. The maximum absolute atomic E-state index is 10.8. The fourth-order valence-corrected chi connectivity index (χ4v) is 2.20. The third-order valence-electron chi connectivity index (χ3n) is 3.18. The molecule has 0 bridgehead atoms. The minimum absolute atomic E-state index is 0.168. The molecule has 0 heterocycles. The smallest absolute Gasteiger partial charge is 0.335 e. The molecule has 0 aliphatic heterocycles. The molecule has 17 heavy (non-hydrogen) atoms. The van der Waals surface area contributed by atoms with Crippen molar-refractivity contribution in [3.63, 3.8) is 0 Å². The van der Waals surface area contributed by atoms with E-state index in [4.69, 9.17) is 5.11 Å². The van der Waals surface area contributed by atoms with Crippen LogP contribution in [-0.2, 0) is 0 Å². The van der Waals surface area contributed by atoms with E-state index in [1.165, 1.54) is 0 Å². The summed E-state index contributed by atoms with van der Waals surface area (Å²) in [4.78, 5) is 10.8. The van der Waals surface area contributed by atoms with Crippen molar-refractivity contribution in [2.45, 2.75) is 37.8 Å². The van der Waals surface area contributed by atoms with Crippen molar-refractivity contribution in [3.8, 4) is 0 Å². The van der Waals surface area contributed by atoms with E-state index in [-0.39, 0.29) is 6.10 Å². The van der Waals surface area contributed by atoms with Crippen LogP contribution in [0.25, 0.3) is 0 Å². The quantitative estimate of drug-likeness (QED) is 0.750. The lowest BCUT2D eigenvalue weighted by Crippen LogP contribution is -2.28. The van der Waals surface area contributed by atoms with Gasteiger partial charge in [-0.3, -0.25) is 0 Å². The molecule has 0 saturated heterocycles. The Balaban J connectivity index is 1.98. The summed E-state index contributed by atoms with van der Waals surface area (Å²) in [5.74, 6) is -0.910. The number of rotatable bonds is 3. The van der Waals surface area contributed by atoms with Crippen molar-refractivity contribution in [1.29, 1.82) is 0 Å². The molecule has 1 aromatic rings. The molecule has 2 rings (SSSR count). The number of carbonyl (C=O) groups is 1. The fraction of sp³-hybridized carbons (Fsp3) is 0.462. The highest BCUT2D eigenvalue weighted by atomic mass is 16.4. The first-order chi connectivity index (χ1) is 8.15. The molecule has 4 nitrogen and oxygen atoms in total. The molecule has 4 heteroatoms. The maximum atomic E-state index is 10.8. The number of nitrogens with one attached hydrogen (secondary N) is 1. The average Bonchev–Trinajstić information content (AvgIpc) is 2.32. The van der Waals surface area contributed by atoms with Crippen LogP contribution in [0.3, 0.4) is 0 Å². The Bertz CT molecular complexity index is 397. The van der Waals surface area contributed by atoms with Crippen molar-refractivity contribution in [2.75, 3.05) is 5.32 Å². The van der Waals surface area contributed by atoms with Gasteiger partial charge in [-0.2, -0.15) is 0 Å².